The van der Waals surface area contributed by atoms with Crippen molar-refractivity contribution in [3.05, 3.63) is 200 Å². The first-order valence-electron chi connectivity index (χ1n) is 19.3. The quantitative estimate of drug-likeness (QED) is 0.119. The Morgan fingerprint density at radius 2 is 0.855 bits per heavy atom. The predicted molar refractivity (Wildman–Crippen MR) is 238 cm³/mol. The third kappa shape index (κ3) is 5.07. The molecule has 3 heteroatoms. The van der Waals surface area contributed by atoms with Crippen molar-refractivity contribution in [1.82, 2.24) is 9.13 Å². The highest BCUT2D eigenvalue weighted by Crippen LogP contribution is 2.41. The normalized spacial score (nSPS) is 12.3. The molecule has 8 aromatic carbocycles. The molecular weight excluding hydrogens is 681 g/mol. The summed E-state index contributed by atoms with van der Waals surface area (Å²) < 4.78 is 4.95. The van der Waals surface area contributed by atoms with Gasteiger partial charge < -0.3 is 9.13 Å². The van der Waals surface area contributed by atoms with Crippen LogP contribution in [-0.2, 0) is 0 Å². The van der Waals surface area contributed by atoms with Crippen LogP contribution < -0.4 is 15.6 Å². The van der Waals surface area contributed by atoms with Gasteiger partial charge in [0.05, 0.1) is 22.1 Å². The highest BCUT2D eigenvalue weighted by atomic mass is 28.3. The molecular formula is C52H42N2Si. The fourth-order valence-corrected chi connectivity index (χ4v) is 15.4. The number of fused-ring (bicyclic) bond motifs is 6. The first-order valence-corrected chi connectivity index (χ1v) is 21.3. The Kier molecular flexibility index (Phi) is 7.76. The molecule has 55 heavy (non-hydrogen) atoms. The standard InChI is InChI=1S/C52H42N2Si/c1-52(2,3)55(41-23-9-5-10-24-41,42-25-11-6-12-26-42)50-32-18-31-48-51(50)45-28-14-16-30-47(45)53(48)40-33-34-44-43-27-13-15-29-46(43)54(49(44)36-40)39-22-17-21-38(35-39)37-19-7-4-8-20-37/h4-36H,1-3H3. The molecule has 0 aliphatic carbocycles. The summed E-state index contributed by atoms with van der Waals surface area (Å²) in [6, 6.07) is 74.3. The number of aromatic nitrogens is 2. The van der Waals surface area contributed by atoms with E-state index in [2.05, 4.69) is 230 Å². The first-order chi connectivity index (χ1) is 26.9. The summed E-state index contributed by atoms with van der Waals surface area (Å²) in [4.78, 5) is 0. The summed E-state index contributed by atoms with van der Waals surface area (Å²) in [5.74, 6) is 0. The summed E-state index contributed by atoms with van der Waals surface area (Å²) in [6.07, 6.45) is 0. The van der Waals surface area contributed by atoms with E-state index in [0.717, 1.165) is 11.4 Å². The largest absolute Gasteiger partial charge is 0.309 e. The fraction of sp³-hybridized carbons (Fsp3) is 0.0769. The van der Waals surface area contributed by atoms with Gasteiger partial charge in [0.2, 0.25) is 0 Å². The number of hydrogen-bond donors (Lipinski definition) is 0. The molecule has 0 aliphatic rings. The van der Waals surface area contributed by atoms with E-state index >= 15 is 0 Å². The molecule has 0 saturated heterocycles. The van der Waals surface area contributed by atoms with Crippen LogP contribution in [0.2, 0.25) is 5.04 Å². The summed E-state index contributed by atoms with van der Waals surface area (Å²) in [5.41, 5.74) is 9.58. The van der Waals surface area contributed by atoms with Gasteiger partial charge in [0.25, 0.3) is 0 Å². The molecule has 0 aliphatic heterocycles. The lowest BCUT2D eigenvalue weighted by Crippen LogP contribution is -2.72. The monoisotopic (exact) mass is 722 g/mol. The van der Waals surface area contributed by atoms with Crippen LogP contribution >= 0.6 is 0 Å². The van der Waals surface area contributed by atoms with Crippen molar-refractivity contribution < 1.29 is 0 Å². The van der Waals surface area contributed by atoms with E-state index in [4.69, 9.17) is 0 Å². The molecule has 0 bridgehead atoms. The molecule has 0 saturated carbocycles. The maximum absolute atomic E-state index is 2.66. The Morgan fingerprint density at radius 3 is 1.53 bits per heavy atom. The molecule has 0 spiro atoms. The topological polar surface area (TPSA) is 9.86 Å². The van der Waals surface area contributed by atoms with Crippen LogP contribution in [0, 0.1) is 0 Å². The van der Waals surface area contributed by atoms with E-state index in [9.17, 15) is 0 Å². The Labute approximate surface area is 323 Å². The molecule has 0 fully saturated rings. The molecule has 2 aromatic heterocycles. The highest BCUT2D eigenvalue weighted by Gasteiger charge is 2.50. The summed E-state index contributed by atoms with van der Waals surface area (Å²) in [6.45, 7) is 7.37. The van der Waals surface area contributed by atoms with Crippen LogP contribution in [0.5, 0.6) is 0 Å². The minimum absolute atomic E-state index is 0.0403. The van der Waals surface area contributed by atoms with Gasteiger partial charge in [-0.25, -0.2) is 0 Å². The summed E-state index contributed by atoms with van der Waals surface area (Å²) in [7, 11) is -2.66. The van der Waals surface area contributed by atoms with Crippen LogP contribution in [0.4, 0.5) is 0 Å². The Balaban J connectivity index is 1.28. The zero-order valence-corrected chi connectivity index (χ0v) is 32.4. The van der Waals surface area contributed by atoms with Gasteiger partial charge in [0.15, 0.2) is 8.07 Å². The molecule has 10 aromatic rings. The Morgan fingerprint density at radius 1 is 0.364 bits per heavy atom. The van der Waals surface area contributed by atoms with E-state index in [1.165, 1.54) is 70.3 Å². The number of rotatable bonds is 6. The van der Waals surface area contributed by atoms with Crippen molar-refractivity contribution in [1.29, 1.82) is 0 Å². The van der Waals surface area contributed by atoms with Crippen LogP contribution in [0.15, 0.2) is 200 Å². The number of nitrogens with zero attached hydrogens (tertiary/aromatic N) is 2. The van der Waals surface area contributed by atoms with Crippen LogP contribution in [-0.4, -0.2) is 17.2 Å². The maximum atomic E-state index is 2.51. The highest BCUT2D eigenvalue weighted by molar-refractivity contribution is 7.14. The average Bonchev–Trinajstić information content (AvgIpc) is 3.75. The summed E-state index contributed by atoms with van der Waals surface area (Å²) in [5, 5.41) is 9.42. The van der Waals surface area contributed by atoms with Gasteiger partial charge in [-0.05, 0) is 74.2 Å². The van der Waals surface area contributed by atoms with Crippen molar-refractivity contribution in [2.75, 3.05) is 0 Å². The second-order valence-corrected chi connectivity index (χ2v) is 20.4. The van der Waals surface area contributed by atoms with E-state index in [-0.39, 0.29) is 5.04 Å². The van der Waals surface area contributed by atoms with E-state index in [1.807, 2.05) is 0 Å². The van der Waals surface area contributed by atoms with Crippen molar-refractivity contribution in [3.63, 3.8) is 0 Å². The maximum Gasteiger partial charge on any atom is 0.154 e. The minimum Gasteiger partial charge on any atom is -0.309 e. The fourth-order valence-electron chi connectivity index (χ4n) is 9.57. The SMILES string of the molecule is CC(C)(C)[Si](c1ccccc1)(c1ccccc1)c1cccc2c1c1ccccc1n2-c1ccc2c3ccccc3n(-c3cccc(-c4ccccc4)c3)c2c1. The van der Waals surface area contributed by atoms with Crippen molar-refractivity contribution in [3.8, 4) is 22.5 Å². The molecule has 0 unspecified atom stereocenters. The van der Waals surface area contributed by atoms with Gasteiger partial charge in [-0.1, -0.05) is 178 Å². The van der Waals surface area contributed by atoms with Gasteiger partial charge in [-0.2, -0.15) is 0 Å². The van der Waals surface area contributed by atoms with Crippen molar-refractivity contribution in [2.45, 2.75) is 25.8 Å². The first kappa shape index (κ1) is 33.2. The van der Waals surface area contributed by atoms with Crippen LogP contribution in [0.3, 0.4) is 0 Å². The zero-order chi connectivity index (χ0) is 37.1. The van der Waals surface area contributed by atoms with Crippen LogP contribution in [0.25, 0.3) is 66.1 Å². The molecule has 0 radical (unpaired) electrons. The Bertz CT molecular complexity index is 2960. The third-order valence-corrected chi connectivity index (χ3v) is 17.6. The minimum atomic E-state index is -2.66. The molecule has 10 rings (SSSR count). The van der Waals surface area contributed by atoms with E-state index in [1.54, 1.807) is 0 Å². The number of para-hydroxylation sites is 2. The number of hydrogen-bond acceptors (Lipinski definition) is 0. The predicted octanol–water partition coefficient (Wildman–Crippen LogP) is 11.8. The van der Waals surface area contributed by atoms with E-state index in [0.29, 0.717) is 0 Å². The molecule has 264 valence electrons. The Hall–Kier alpha value is -6.42. The average molecular weight is 723 g/mol. The lowest BCUT2D eigenvalue weighted by atomic mass is 10.1. The van der Waals surface area contributed by atoms with E-state index < -0.39 is 8.07 Å². The van der Waals surface area contributed by atoms with Crippen molar-refractivity contribution in [2.24, 2.45) is 0 Å². The van der Waals surface area contributed by atoms with Gasteiger partial charge in [-0.15, -0.1) is 0 Å². The summed E-state index contributed by atoms with van der Waals surface area (Å²) >= 11 is 0. The van der Waals surface area contributed by atoms with Gasteiger partial charge in [-0.3, -0.25) is 0 Å². The third-order valence-electron chi connectivity index (χ3n) is 11.8. The second kappa shape index (κ2) is 12.9. The lowest BCUT2D eigenvalue weighted by Gasteiger charge is -2.45. The second-order valence-electron chi connectivity index (χ2n) is 15.8. The van der Waals surface area contributed by atoms with Gasteiger partial charge in [0, 0.05) is 32.9 Å². The van der Waals surface area contributed by atoms with Gasteiger partial charge >= 0.3 is 0 Å². The van der Waals surface area contributed by atoms with Crippen LogP contribution in [0.1, 0.15) is 20.8 Å². The smallest absolute Gasteiger partial charge is 0.154 e. The molecule has 0 N–H and O–H groups in total. The van der Waals surface area contributed by atoms with Crippen molar-refractivity contribution >= 4 is 67.2 Å². The lowest BCUT2D eigenvalue weighted by molar-refractivity contribution is 0.740. The molecule has 2 nitrogen and oxygen atoms in total. The molecule has 2 heterocycles. The molecule has 0 atom stereocenters. The zero-order valence-electron chi connectivity index (χ0n) is 31.4. The van der Waals surface area contributed by atoms with Gasteiger partial charge in [0.1, 0.15) is 0 Å². The molecule has 0 amide bonds. The number of benzene rings is 8.